The number of aromatic nitrogens is 1. The molecular weight excluding hydrogens is 255 g/mol. The number of nitrogens with zero attached hydrogens (tertiary/aromatic N) is 1. The van der Waals surface area contributed by atoms with Crippen LogP contribution in [-0.4, -0.2) is 29.8 Å². The highest BCUT2D eigenvalue weighted by Crippen LogP contribution is 2.08. The van der Waals surface area contributed by atoms with Gasteiger partial charge in [-0.25, -0.2) is 9.78 Å². The van der Waals surface area contributed by atoms with Crippen LogP contribution in [0.3, 0.4) is 0 Å². The minimum atomic E-state index is -0.492. The monoisotopic (exact) mass is 268 g/mol. The Balaban J connectivity index is 0. The van der Waals surface area contributed by atoms with Gasteiger partial charge in [0.1, 0.15) is 5.69 Å². The first-order valence-corrected chi connectivity index (χ1v) is 4.09. The average Bonchev–Trinajstić information content (AvgIpc) is 2.27. The maximum Gasteiger partial charge on any atom is 0.356 e. The van der Waals surface area contributed by atoms with Gasteiger partial charge < -0.3 is 15.6 Å². The maximum atomic E-state index is 11.0. The number of aliphatic hydroxyl groups is 1. The van der Waals surface area contributed by atoms with Crippen LogP contribution in [0.5, 0.6) is 0 Å². The number of esters is 1. The second kappa shape index (κ2) is 8.29. The molecule has 0 radical (unpaired) electrons. The quantitative estimate of drug-likeness (QED) is 0.789. The van der Waals surface area contributed by atoms with Gasteiger partial charge in [0.15, 0.2) is 0 Å². The third kappa shape index (κ3) is 4.32. The first-order chi connectivity index (χ1) is 6.69. The summed E-state index contributed by atoms with van der Waals surface area (Å²) in [6, 6.07) is 2.69. The second-order valence-corrected chi connectivity index (χ2v) is 2.76. The van der Waals surface area contributed by atoms with Gasteiger partial charge in [-0.15, -0.1) is 24.8 Å². The lowest BCUT2D eigenvalue weighted by Gasteiger charge is -2.07. The number of halogens is 2. The maximum absolute atomic E-state index is 11.0. The number of pyridine rings is 1. The minimum absolute atomic E-state index is 0. The van der Waals surface area contributed by atoms with E-state index < -0.39 is 12.0 Å². The third-order valence-electron chi connectivity index (χ3n) is 1.81. The first-order valence-electron chi connectivity index (χ1n) is 4.09. The first kappa shape index (κ1) is 17.5. The van der Waals surface area contributed by atoms with Crippen LogP contribution < -0.4 is 5.73 Å². The number of methoxy groups -OCH3 is 1. The summed E-state index contributed by atoms with van der Waals surface area (Å²) in [4.78, 5) is 14.9. The summed E-state index contributed by atoms with van der Waals surface area (Å²) in [5, 5.41) is 8.77. The molecular formula is C9H14Cl2N2O3. The molecule has 92 valence electrons. The summed E-state index contributed by atoms with van der Waals surface area (Å²) in [5.74, 6) is -0.492. The average molecular weight is 269 g/mol. The van der Waals surface area contributed by atoms with E-state index in [9.17, 15) is 4.79 Å². The van der Waals surface area contributed by atoms with Gasteiger partial charge in [0.05, 0.1) is 19.8 Å². The highest BCUT2D eigenvalue weighted by molar-refractivity contribution is 5.87. The van der Waals surface area contributed by atoms with E-state index in [1.807, 2.05) is 0 Å². The van der Waals surface area contributed by atoms with Crippen molar-refractivity contribution in [2.24, 2.45) is 5.73 Å². The van der Waals surface area contributed by atoms with Gasteiger partial charge in [-0.1, -0.05) is 6.07 Å². The second-order valence-electron chi connectivity index (χ2n) is 2.76. The van der Waals surface area contributed by atoms with Gasteiger partial charge in [-0.2, -0.15) is 0 Å². The molecule has 0 saturated carbocycles. The summed E-state index contributed by atoms with van der Waals surface area (Å²) >= 11 is 0. The van der Waals surface area contributed by atoms with Crippen molar-refractivity contribution in [2.75, 3.05) is 13.7 Å². The standard InChI is InChI=1S/C9H12N2O3.2ClH/c1-14-9(13)8-3-2-6(4-11-8)7(10)5-12;;/h2-4,7,12H,5,10H2,1H3;2*1H/t7-;;/m1../s1. The van der Waals surface area contributed by atoms with Crippen LogP contribution in [-0.2, 0) is 4.74 Å². The minimum Gasteiger partial charge on any atom is -0.464 e. The van der Waals surface area contributed by atoms with Crippen LogP contribution >= 0.6 is 24.8 Å². The van der Waals surface area contributed by atoms with Crippen molar-refractivity contribution in [1.29, 1.82) is 0 Å². The number of rotatable bonds is 3. The van der Waals surface area contributed by atoms with Crippen molar-refractivity contribution in [3.05, 3.63) is 29.6 Å². The Hall–Kier alpha value is -0.880. The summed E-state index contributed by atoms with van der Waals surface area (Å²) in [6.45, 7) is -0.154. The van der Waals surface area contributed by atoms with Crippen LogP contribution in [0.4, 0.5) is 0 Å². The van der Waals surface area contributed by atoms with Gasteiger partial charge in [0.25, 0.3) is 0 Å². The van der Waals surface area contributed by atoms with Gasteiger partial charge in [0.2, 0.25) is 0 Å². The van der Waals surface area contributed by atoms with Crippen LogP contribution in [0, 0.1) is 0 Å². The van der Waals surface area contributed by atoms with Crippen molar-refractivity contribution < 1.29 is 14.6 Å². The molecule has 0 aliphatic carbocycles. The molecule has 1 rings (SSSR count). The Morgan fingerprint density at radius 2 is 2.19 bits per heavy atom. The van der Waals surface area contributed by atoms with Crippen molar-refractivity contribution in [2.45, 2.75) is 6.04 Å². The fourth-order valence-electron chi connectivity index (χ4n) is 0.955. The highest BCUT2D eigenvalue weighted by Gasteiger charge is 2.08. The number of carbonyl (C=O) groups is 1. The summed E-state index contributed by atoms with van der Waals surface area (Å²) < 4.78 is 4.48. The summed E-state index contributed by atoms with van der Waals surface area (Å²) in [6.07, 6.45) is 1.45. The zero-order chi connectivity index (χ0) is 10.6. The fraction of sp³-hybridized carbons (Fsp3) is 0.333. The van der Waals surface area contributed by atoms with Crippen molar-refractivity contribution in [1.82, 2.24) is 4.98 Å². The molecule has 0 spiro atoms. The molecule has 1 heterocycles. The van der Waals surface area contributed by atoms with E-state index in [1.54, 1.807) is 6.07 Å². The zero-order valence-corrected chi connectivity index (χ0v) is 10.3. The molecule has 1 aromatic heterocycles. The highest BCUT2D eigenvalue weighted by atomic mass is 35.5. The Morgan fingerprint density at radius 1 is 1.56 bits per heavy atom. The number of ether oxygens (including phenoxy) is 1. The third-order valence-corrected chi connectivity index (χ3v) is 1.81. The molecule has 1 aromatic rings. The van der Waals surface area contributed by atoms with Gasteiger partial charge >= 0.3 is 5.97 Å². The SMILES string of the molecule is COC(=O)c1ccc([C@H](N)CO)cn1.Cl.Cl. The number of carbonyl (C=O) groups excluding carboxylic acids is 1. The topological polar surface area (TPSA) is 85.4 Å². The lowest BCUT2D eigenvalue weighted by Crippen LogP contribution is -2.15. The molecule has 3 N–H and O–H groups in total. The predicted molar refractivity (Wildman–Crippen MR) is 64.1 cm³/mol. The van der Waals surface area contributed by atoms with Crippen molar-refractivity contribution >= 4 is 30.8 Å². The Labute approximate surface area is 106 Å². The fourth-order valence-corrected chi connectivity index (χ4v) is 0.955. The molecule has 0 aliphatic heterocycles. The van der Waals surface area contributed by atoms with Crippen molar-refractivity contribution in [3.63, 3.8) is 0 Å². The molecule has 7 heteroatoms. The van der Waals surface area contributed by atoms with Gasteiger partial charge in [-0.05, 0) is 11.6 Å². The van der Waals surface area contributed by atoms with E-state index in [4.69, 9.17) is 10.8 Å². The smallest absolute Gasteiger partial charge is 0.356 e. The van der Waals surface area contributed by atoms with Crippen molar-refractivity contribution in [3.8, 4) is 0 Å². The van der Waals surface area contributed by atoms with E-state index in [2.05, 4.69) is 9.72 Å². The lowest BCUT2D eigenvalue weighted by atomic mass is 10.1. The normalized spacial score (nSPS) is 10.7. The Bertz CT molecular complexity index is 319. The van der Waals surface area contributed by atoms with Gasteiger partial charge in [-0.3, -0.25) is 0 Å². The van der Waals surface area contributed by atoms with Gasteiger partial charge in [0, 0.05) is 6.20 Å². The molecule has 0 aromatic carbocycles. The number of hydrogen-bond acceptors (Lipinski definition) is 5. The largest absolute Gasteiger partial charge is 0.464 e. The van der Waals surface area contributed by atoms with E-state index >= 15 is 0 Å². The molecule has 0 fully saturated rings. The number of hydrogen-bond donors (Lipinski definition) is 2. The molecule has 0 amide bonds. The molecule has 0 saturated heterocycles. The number of aliphatic hydroxyl groups excluding tert-OH is 1. The zero-order valence-electron chi connectivity index (χ0n) is 8.62. The number of nitrogens with two attached hydrogens (primary N) is 1. The molecule has 1 atom stereocenters. The molecule has 0 aliphatic rings. The van der Waals surface area contributed by atoms with Crippen LogP contribution in [0.2, 0.25) is 0 Å². The Morgan fingerprint density at radius 3 is 2.56 bits per heavy atom. The lowest BCUT2D eigenvalue weighted by molar-refractivity contribution is 0.0594. The predicted octanol–water partition coefficient (Wildman–Crippen LogP) is 0.704. The van der Waals surface area contributed by atoms with Crippen LogP contribution in [0.25, 0.3) is 0 Å². The van der Waals surface area contributed by atoms with E-state index in [0.29, 0.717) is 5.56 Å². The summed E-state index contributed by atoms with van der Waals surface area (Å²) in [7, 11) is 1.29. The molecule has 5 nitrogen and oxygen atoms in total. The molecule has 0 bridgehead atoms. The Kier molecular flexibility index (Phi) is 9.08. The summed E-state index contributed by atoms with van der Waals surface area (Å²) in [5.41, 5.74) is 6.45. The van der Waals surface area contributed by atoms with E-state index in [-0.39, 0.29) is 37.1 Å². The van der Waals surface area contributed by atoms with E-state index in [0.717, 1.165) is 0 Å². The molecule has 16 heavy (non-hydrogen) atoms. The van der Waals surface area contributed by atoms with E-state index in [1.165, 1.54) is 19.4 Å². The molecule has 0 unspecified atom stereocenters. The van der Waals surface area contributed by atoms with Crippen LogP contribution in [0.15, 0.2) is 18.3 Å². The van der Waals surface area contributed by atoms with Crippen LogP contribution in [0.1, 0.15) is 22.1 Å².